The summed E-state index contributed by atoms with van der Waals surface area (Å²) in [5.41, 5.74) is 0. The lowest BCUT2D eigenvalue weighted by Gasteiger charge is -2.46. The van der Waals surface area contributed by atoms with Crippen molar-refractivity contribution >= 4 is 5.91 Å². The highest BCUT2D eigenvalue weighted by atomic mass is 16.7. The summed E-state index contributed by atoms with van der Waals surface area (Å²) in [5, 5.41) is 87.5. The summed E-state index contributed by atoms with van der Waals surface area (Å²) in [7, 11) is 0. The Bertz CT molecular complexity index is 1900. The summed E-state index contributed by atoms with van der Waals surface area (Å²) in [6.45, 7) is 2.69. The van der Waals surface area contributed by atoms with E-state index in [9.17, 15) is 45.6 Å². The number of carbonyl (C=O) groups is 1. The third-order valence-corrected chi connectivity index (χ3v) is 17.5. The maximum Gasteiger partial charge on any atom is 0.220 e. The molecule has 0 bridgehead atoms. The number of hydrogen-bond donors (Lipinski definition) is 9. The Morgan fingerprint density at radius 1 is 0.407 bits per heavy atom. The number of aliphatic hydroxyl groups is 8. The molecule has 0 aromatic heterocycles. The zero-order valence-electron chi connectivity index (χ0n) is 57.3. The van der Waals surface area contributed by atoms with E-state index in [2.05, 4.69) is 104 Å². The van der Waals surface area contributed by atoms with Crippen LogP contribution in [0, 0.1) is 0 Å². The molecule has 91 heavy (non-hydrogen) atoms. The second kappa shape index (κ2) is 60.6. The van der Waals surface area contributed by atoms with Gasteiger partial charge in [-0.1, -0.05) is 291 Å². The minimum atomic E-state index is -1.80. The van der Waals surface area contributed by atoms with E-state index in [0.717, 1.165) is 77.0 Å². The molecule has 1 amide bonds. The zero-order chi connectivity index (χ0) is 65.9. The molecule has 0 saturated carbocycles. The van der Waals surface area contributed by atoms with Gasteiger partial charge in [0.05, 0.1) is 32.0 Å². The van der Waals surface area contributed by atoms with Gasteiger partial charge in [-0.05, 0) is 89.9 Å². The second-order valence-corrected chi connectivity index (χ2v) is 25.7. The van der Waals surface area contributed by atoms with E-state index >= 15 is 0 Å². The molecule has 9 N–H and O–H groups in total. The molecule has 2 fully saturated rings. The van der Waals surface area contributed by atoms with E-state index in [-0.39, 0.29) is 18.9 Å². The Balaban J connectivity index is 1.66. The molecule has 2 aliphatic heterocycles. The number of unbranched alkanes of at least 4 members (excludes halogenated alkanes) is 33. The van der Waals surface area contributed by atoms with Crippen LogP contribution in [-0.2, 0) is 23.7 Å². The van der Waals surface area contributed by atoms with Gasteiger partial charge in [0.2, 0.25) is 5.91 Å². The molecule has 526 valence electrons. The molecule has 2 rings (SSSR count). The van der Waals surface area contributed by atoms with Gasteiger partial charge in [-0.2, -0.15) is 0 Å². The molecule has 0 aromatic rings. The highest BCUT2D eigenvalue weighted by molar-refractivity contribution is 5.76. The summed E-state index contributed by atoms with van der Waals surface area (Å²) in [6, 6.07) is -0.944. The smallest absolute Gasteiger partial charge is 0.220 e. The van der Waals surface area contributed by atoms with Crippen molar-refractivity contribution in [2.75, 3.05) is 19.8 Å². The Morgan fingerprint density at radius 2 is 0.769 bits per heavy atom. The van der Waals surface area contributed by atoms with Gasteiger partial charge in [-0.3, -0.25) is 4.79 Å². The van der Waals surface area contributed by atoms with Crippen molar-refractivity contribution in [3.8, 4) is 0 Å². The molecular formula is C77H135NO13. The molecule has 0 aromatic carbocycles. The summed E-state index contributed by atoms with van der Waals surface area (Å²) >= 11 is 0. The predicted octanol–water partition coefficient (Wildman–Crippen LogP) is 15.7. The number of allylic oxidation sites excluding steroid dienone is 15. The molecule has 0 radical (unpaired) electrons. The average molecular weight is 1280 g/mol. The van der Waals surface area contributed by atoms with Crippen LogP contribution in [-0.4, -0.2) is 140 Å². The number of aliphatic hydroxyl groups excluding tert-OH is 8. The van der Waals surface area contributed by atoms with Crippen molar-refractivity contribution in [3.63, 3.8) is 0 Å². The first-order chi connectivity index (χ1) is 44.6. The minimum absolute atomic E-state index is 0.253. The predicted molar refractivity (Wildman–Crippen MR) is 373 cm³/mol. The second-order valence-electron chi connectivity index (χ2n) is 25.7. The van der Waals surface area contributed by atoms with E-state index in [1.54, 1.807) is 6.08 Å². The molecule has 2 heterocycles. The van der Waals surface area contributed by atoms with E-state index in [0.29, 0.717) is 12.8 Å². The van der Waals surface area contributed by atoms with Gasteiger partial charge in [0, 0.05) is 6.42 Å². The van der Waals surface area contributed by atoms with E-state index in [4.69, 9.17) is 18.9 Å². The van der Waals surface area contributed by atoms with Gasteiger partial charge in [0.15, 0.2) is 12.6 Å². The number of rotatable bonds is 60. The lowest BCUT2D eigenvalue weighted by Crippen LogP contribution is -2.65. The number of amides is 1. The first-order valence-corrected chi connectivity index (χ1v) is 37.0. The van der Waals surface area contributed by atoms with E-state index in [1.807, 2.05) is 6.08 Å². The summed E-state index contributed by atoms with van der Waals surface area (Å²) in [6.07, 6.45) is 69.0. The lowest BCUT2D eigenvalue weighted by molar-refractivity contribution is -0.359. The fourth-order valence-corrected chi connectivity index (χ4v) is 11.6. The van der Waals surface area contributed by atoms with Gasteiger partial charge in [-0.15, -0.1) is 0 Å². The van der Waals surface area contributed by atoms with Crippen LogP contribution in [0.4, 0.5) is 0 Å². The van der Waals surface area contributed by atoms with Crippen molar-refractivity contribution in [2.45, 2.75) is 364 Å². The summed E-state index contributed by atoms with van der Waals surface area (Å²) < 4.78 is 22.9. The van der Waals surface area contributed by atoms with E-state index in [1.165, 1.54) is 180 Å². The SMILES string of the molecule is CC/C=C\C/C=C\C/C=C\C/C=C\C/C=C\CCCCCCCCCCCCCCCCCCCC(=O)NC(COC1OC(CO)C(OC2OC(CO)C(O)C(O)C2O)C(O)C1O)C(O)/C=C/CC/C=C/CC/C=C/CCCCCCCCCCCCCCCC. The van der Waals surface area contributed by atoms with Crippen LogP contribution in [0.5, 0.6) is 0 Å². The Morgan fingerprint density at radius 3 is 1.21 bits per heavy atom. The monoisotopic (exact) mass is 1280 g/mol. The van der Waals surface area contributed by atoms with Gasteiger partial charge < -0.3 is 65.1 Å². The van der Waals surface area contributed by atoms with Crippen LogP contribution < -0.4 is 5.32 Å². The van der Waals surface area contributed by atoms with Crippen molar-refractivity contribution in [3.05, 3.63) is 97.2 Å². The van der Waals surface area contributed by atoms with Crippen molar-refractivity contribution in [2.24, 2.45) is 0 Å². The third kappa shape index (κ3) is 44.3. The molecule has 0 aliphatic carbocycles. The normalized spacial score (nSPS) is 23.4. The highest BCUT2D eigenvalue weighted by Gasteiger charge is 2.51. The Labute approximate surface area is 553 Å². The van der Waals surface area contributed by atoms with Gasteiger partial charge in [-0.25, -0.2) is 0 Å². The van der Waals surface area contributed by atoms with Gasteiger partial charge >= 0.3 is 0 Å². The van der Waals surface area contributed by atoms with E-state index < -0.39 is 86.8 Å². The topological polar surface area (TPSA) is 228 Å². The molecular weight excluding hydrogens is 1150 g/mol. The first-order valence-electron chi connectivity index (χ1n) is 37.0. The molecule has 0 spiro atoms. The maximum absolute atomic E-state index is 13.4. The Kier molecular flexibility index (Phi) is 55.9. The molecule has 14 nitrogen and oxygen atoms in total. The number of hydrogen-bond acceptors (Lipinski definition) is 13. The molecule has 2 saturated heterocycles. The zero-order valence-corrected chi connectivity index (χ0v) is 57.3. The standard InChI is InChI=1S/C77H135NO13/c1-3-5-7-9-11-13-15-17-19-21-23-25-27-29-30-31-32-33-34-35-36-37-39-41-43-45-47-49-51-53-55-57-59-61-69(82)78-65(64-88-76-74(87)72(85)75(68(63-80)90-76)91-77-73(86)71(84)70(83)67(62-79)89-77)66(81)60-58-56-54-52-50-48-46-44-42-40-38-28-26-24-22-20-18-16-14-12-10-8-6-4-2/h5,7,11,13,17,19,23,25,29-30,42,44,50,52,58,60,65-68,70-77,79-81,83-87H,3-4,6,8-10,12,14-16,18,20-22,24,26-28,31-41,43,45-49,51,53-57,59,61-64H2,1-2H3,(H,78,82)/b7-5-,13-11-,19-17-,25-23-,30-29-,44-42+,52-50+,60-58+. The first kappa shape index (κ1) is 84.0. The fraction of sp³-hybridized carbons (Fsp3) is 0.779. The number of ether oxygens (including phenoxy) is 4. The molecule has 14 heteroatoms. The van der Waals surface area contributed by atoms with Crippen molar-refractivity contribution in [1.29, 1.82) is 0 Å². The molecule has 12 atom stereocenters. The van der Waals surface area contributed by atoms with Crippen molar-refractivity contribution in [1.82, 2.24) is 5.32 Å². The van der Waals surface area contributed by atoms with Crippen LogP contribution >= 0.6 is 0 Å². The molecule has 2 aliphatic rings. The van der Waals surface area contributed by atoms with Gasteiger partial charge in [0.25, 0.3) is 0 Å². The Hall–Kier alpha value is -3.09. The summed E-state index contributed by atoms with van der Waals surface area (Å²) in [5.74, 6) is -0.253. The average Bonchev–Trinajstić information content (AvgIpc) is 1.28. The third-order valence-electron chi connectivity index (χ3n) is 17.5. The molecule has 12 unspecified atom stereocenters. The highest BCUT2D eigenvalue weighted by Crippen LogP contribution is 2.30. The van der Waals surface area contributed by atoms with Crippen molar-refractivity contribution < 1.29 is 64.6 Å². The fourth-order valence-electron chi connectivity index (χ4n) is 11.6. The minimum Gasteiger partial charge on any atom is -0.394 e. The quantitative estimate of drug-likeness (QED) is 0.0204. The van der Waals surface area contributed by atoms with Crippen LogP contribution in [0.15, 0.2) is 97.2 Å². The number of carbonyl (C=O) groups excluding carboxylic acids is 1. The van der Waals surface area contributed by atoms with Crippen LogP contribution in [0.25, 0.3) is 0 Å². The lowest BCUT2D eigenvalue weighted by atomic mass is 9.97. The van der Waals surface area contributed by atoms with Crippen LogP contribution in [0.1, 0.15) is 290 Å². The van der Waals surface area contributed by atoms with Crippen LogP contribution in [0.2, 0.25) is 0 Å². The largest absolute Gasteiger partial charge is 0.394 e. The number of nitrogens with one attached hydrogen (secondary N) is 1. The summed E-state index contributed by atoms with van der Waals surface area (Å²) in [4.78, 5) is 13.4. The van der Waals surface area contributed by atoms with Crippen LogP contribution in [0.3, 0.4) is 0 Å². The van der Waals surface area contributed by atoms with Gasteiger partial charge in [0.1, 0.15) is 48.8 Å². The maximum atomic E-state index is 13.4.